The van der Waals surface area contributed by atoms with Crippen LogP contribution in [0.25, 0.3) is 0 Å². The Hall–Kier alpha value is -2.93. The maximum Gasteiger partial charge on any atom is 0.338 e. The van der Waals surface area contributed by atoms with Crippen LogP contribution in [0.15, 0.2) is 42.6 Å². The molecular formula is C20H24N4O3. The molecule has 7 heteroatoms. The van der Waals surface area contributed by atoms with Gasteiger partial charge in [-0.2, -0.15) is 0 Å². The molecule has 2 heterocycles. The Morgan fingerprint density at radius 1 is 1.07 bits per heavy atom. The van der Waals surface area contributed by atoms with Crippen molar-refractivity contribution in [1.82, 2.24) is 14.8 Å². The molecule has 0 radical (unpaired) electrons. The number of ether oxygens (including phenoxy) is 1. The van der Waals surface area contributed by atoms with E-state index in [-0.39, 0.29) is 11.9 Å². The Morgan fingerprint density at radius 3 is 2.44 bits per heavy atom. The van der Waals surface area contributed by atoms with Crippen LogP contribution in [0, 0.1) is 0 Å². The highest BCUT2D eigenvalue weighted by Gasteiger charge is 2.20. The number of carbonyl (C=O) groups is 2. The van der Waals surface area contributed by atoms with Crippen molar-refractivity contribution >= 4 is 23.4 Å². The molecule has 1 fully saturated rings. The SMILES string of the molecule is CCOC(=O)c1ccc(Nc2cc(C(=O)N3CCN(C)CC3)ccn2)cc1. The summed E-state index contributed by atoms with van der Waals surface area (Å²) in [6.45, 7) is 5.35. The van der Waals surface area contributed by atoms with Gasteiger partial charge < -0.3 is 19.9 Å². The number of rotatable bonds is 5. The number of likely N-dealkylation sites (N-methyl/N-ethyl adjacent to an activating group) is 1. The standard InChI is InChI=1S/C20H24N4O3/c1-3-27-20(26)15-4-6-17(7-5-15)22-18-14-16(8-9-21-18)19(25)24-12-10-23(2)11-13-24/h4-9,14H,3,10-13H2,1-2H3,(H,21,22). The molecular weight excluding hydrogens is 344 g/mol. The van der Waals surface area contributed by atoms with Crippen molar-refractivity contribution in [2.24, 2.45) is 0 Å². The molecule has 2 aromatic rings. The van der Waals surface area contributed by atoms with Gasteiger partial charge in [-0.1, -0.05) is 0 Å². The van der Waals surface area contributed by atoms with E-state index in [9.17, 15) is 9.59 Å². The topological polar surface area (TPSA) is 74.8 Å². The van der Waals surface area contributed by atoms with E-state index in [4.69, 9.17) is 4.74 Å². The Balaban J connectivity index is 1.67. The van der Waals surface area contributed by atoms with Gasteiger partial charge in [-0.25, -0.2) is 9.78 Å². The van der Waals surface area contributed by atoms with E-state index in [1.807, 2.05) is 4.90 Å². The Kier molecular flexibility index (Phi) is 6.03. The van der Waals surface area contributed by atoms with Crippen LogP contribution < -0.4 is 5.32 Å². The summed E-state index contributed by atoms with van der Waals surface area (Å²) in [5.74, 6) is 0.256. The number of pyridine rings is 1. The molecule has 0 atom stereocenters. The third kappa shape index (κ3) is 4.83. The molecule has 27 heavy (non-hydrogen) atoms. The summed E-state index contributed by atoms with van der Waals surface area (Å²) < 4.78 is 4.98. The third-order valence-electron chi connectivity index (χ3n) is 4.47. The monoisotopic (exact) mass is 368 g/mol. The molecule has 3 rings (SSSR count). The third-order valence-corrected chi connectivity index (χ3v) is 4.47. The Bertz CT molecular complexity index is 799. The number of aromatic nitrogens is 1. The van der Waals surface area contributed by atoms with Crippen LogP contribution >= 0.6 is 0 Å². The van der Waals surface area contributed by atoms with Gasteiger partial charge in [0.25, 0.3) is 5.91 Å². The molecule has 142 valence electrons. The van der Waals surface area contributed by atoms with Crippen LogP contribution in [0.1, 0.15) is 27.6 Å². The maximum atomic E-state index is 12.7. The first-order valence-corrected chi connectivity index (χ1v) is 9.05. The largest absolute Gasteiger partial charge is 0.462 e. The first-order chi connectivity index (χ1) is 13.1. The highest BCUT2D eigenvalue weighted by Crippen LogP contribution is 2.18. The van der Waals surface area contributed by atoms with Gasteiger partial charge in [-0.15, -0.1) is 0 Å². The number of anilines is 2. The number of hydrogen-bond acceptors (Lipinski definition) is 6. The number of benzene rings is 1. The first-order valence-electron chi connectivity index (χ1n) is 9.05. The molecule has 0 aliphatic carbocycles. The fourth-order valence-electron chi connectivity index (χ4n) is 2.88. The number of piperazine rings is 1. The van der Waals surface area contributed by atoms with Crippen molar-refractivity contribution in [3.63, 3.8) is 0 Å². The summed E-state index contributed by atoms with van der Waals surface area (Å²) in [5.41, 5.74) is 1.88. The van der Waals surface area contributed by atoms with Crippen molar-refractivity contribution in [3.05, 3.63) is 53.7 Å². The highest BCUT2D eigenvalue weighted by atomic mass is 16.5. The van der Waals surface area contributed by atoms with Gasteiger partial charge in [-0.3, -0.25) is 4.79 Å². The predicted molar refractivity (Wildman–Crippen MR) is 103 cm³/mol. The average Bonchev–Trinajstić information content (AvgIpc) is 2.69. The molecule has 1 saturated heterocycles. The minimum absolute atomic E-state index is 0.0196. The molecule has 1 amide bonds. The summed E-state index contributed by atoms with van der Waals surface area (Å²) in [4.78, 5) is 32.8. The molecule has 1 aliphatic rings. The van der Waals surface area contributed by atoms with Gasteiger partial charge >= 0.3 is 5.97 Å². The molecule has 0 unspecified atom stereocenters. The minimum atomic E-state index is -0.345. The number of nitrogens with one attached hydrogen (secondary N) is 1. The lowest BCUT2D eigenvalue weighted by atomic mass is 10.2. The number of hydrogen-bond donors (Lipinski definition) is 1. The van der Waals surface area contributed by atoms with Crippen molar-refractivity contribution in [2.75, 3.05) is 45.2 Å². The number of amides is 1. The zero-order valence-corrected chi connectivity index (χ0v) is 15.6. The predicted octanol–water partition coefficient (Wildman–Crippen LogP) is 2.39. The lowest BCUT2D eigenvalue weighted by molar-refractivity contribution is 0.0526. The van der Waals surface area contributed by atoms with E-state index in [1.54, 1.807) is 49.5 Å². The van der Waals surface area contributed by atoms with Gasteiger partial charge in [0.2, 0.25) is 0 Å². The molecule has 1 aromatic heterocycles. The average molecular weight is 368 g/mol. The summed E-state index contributed by atoms with van der Waals surface area (Å²) in [5, 5.41) is 3.17. The second-order valence-corrected chi connectivity index (χ2v) is 6.45. The van der Waals surface area contributed by atoms with Crippen LogP contribution in [0.4, 0.5) is 11.5 Å². The van der Waals surface area contributed by atoms with E-state index in [1.165, 1.54) is 0 Å². The summed E-state index contributed by atoms with van der Waals surface area (Å²) in [6, 6.07) is 10.4. The molecule has 1 aliphatic heterocycles. The van der Waals surface area contributed by atoms with Gasteiger partial charge in [0, 0.05) is 43.6 Å². The molecule has 1 aromatic carbocycles. The van der Waals surface area contributed by atoms with Crippen molar-refractivity contribution in [1.29, 1.82) is 0 Å². The molecule has 7 nitrogen and oxygen atoms in total. The van der Waals surface area contributed by atoms with Crippen LogP contribution in [0.2, 0.25) is 0 Å². The fraction of sp³-hybridized carbons (Fsp3) is 0.350. The maximum absolute atomic E-state index is 12.7. The van der Waals surface area contributed by atoms with E-state index in [2.05, 4.69) is 22.2 Å². The molecule has 1 N–H and O–H groups in total. The van der Waals surface area contributed by atoms with Crippen LogP contribution in [0.5, 0.6) is 0 Å². The van der Waals surface area contributed by atoms with Crippen LogP contribution in [-0.4, -0.2) is 66.5 Å². The second kappa shape index (κ2) is 8.64. The lowest BCUT2D eigenvalue weighted by Crippen LogP contribution is -2.47. The van der Waals surface area contributed by atoms with Gasteiger partial charge in [0.1, 0.15) is 5.82 Å². The van der Waals surface area contributed by atoms with Crippen molar-refractivity contribution < 1.29 is 14.3 Å². The quantitative estimate of drug-likeness (QED) is 0.817. The number of nitrogens with zero attached hydrogens (tertiary/aromatic N) is 3. The number of esters is 1. The number of carbonyl (C=O) groups excluding carboxylic acids is 2. The molecule has 0 bridgehead atoms. The Labute approximate surface area is 158 Å². The zero-order valence-electron chi connectivity index (χ0n) is 15.6. The van der Waals surface area contributed by atoms with Gasteiger partial charge in [-0.05, 0) is 50.4 Å². The summed E-state index contributed by atoms with van der Waals surface area (Å²) >= 11 is 0. The molecule has 0 saturated carbocycles. The minimum Gasteiger partial charge on any atom is -0.462 e. The Morgan fingerprint density at radius 2 is 1.78 bits per heavy atom. The summed E-state index contributed by atoms with van der Waals surface area (Å²) in [7, 11) is 2.06. The highest BCUT2D eigenvalue weighted by molar-refractivity contribution is 5.95. The van der Waals surface area contributed by atoms with Gasteiger partial charge in [0.15, 0.2) is 0 Å². The normalized spacial score (nSPS) is 14.7. The van der Waals surface area contributed by atoms with E-state index >= 15 is 0 Å². The van der Waals surface area contributed by atoms with Gasteiger partial charge in [0.05, 0.1) is 12.2 Å². The second-order valence-electron chi connectivity index (χ2n) is 6.45. The van der Waals surface area contributed by atoms with Crippen molar-refractivity contribution in [3.8, 4) is 0 Å². The van der Waals surface area contributed by atoms with Crippen LogP contribution in [0.3, 0.4) is 0 Å². The van der Waals surface area contributed by atoms with Crippen LogP contribution in [-0.2, 0) is 4.74 Å². The fourth-order valence-corrected chi connectivity index (χ4v) is 2.88. The lowest BCUT2D eigenvalue weighted by Gasteiger charge is -2.32. The summed E-state index contributed by atoms with van der Waals surface area (Å²) in [6.07, 6.45) is 1.62. The first kappa shape index (κ1) is 18.8. The van der Waals surface area contributed by atoms with E-state index in [0.717, 1.165) is 31.9 Å². The van der Waals surface area contributed by atoms with E-state index in [0.29, 0.717) is 23.6 Å². The smallest absolute Gasteiger partial charge is 0.338 e. The van der Waals surface area contributed by atoms with Crippen molar-refractivity contribution in [2.45, 2.75) is 6.92 Å². The molecule has 0 spiro atoms. The zero-order chi connectivity index (χ0) is 19.2. The van der Waals surface area contributed by atoms with E-state index < -0.39 is 0 Å².